The predicted octanol–water partition coefficient (Wildman–Crippen LogP) is 1.01. The van der Waals surface area contributed by atoms with Crippen molar-refractivity contribution < 1.29 is 4.79 Å². The quantitative estimate of drug-likeness (QED) is 0.755. The van der Waals surface area contributed by atoms with Gasteiger partial charge in [-0.15, -0.1) is 0 Å². The molecule has 1 unspecified atom stereocenters. The maximum Gasteiger partial charge on any atom is 0.258 e. The molecule has 1 aliphatic heterocycles. The number of hydrogen-bond donors (Lipinski definition) is 2. The van der Waals surface area contributed by atoms with Crippen molar-refractivity contribution >= 4 is 16.8 Å². The van der Waals surface area contributed by atoms with Gasteiger partial charge >= 0.3 is 0 Å². The van der Waals surface area contributed by atoms with E-state index in [1.165, 1.54) is 0 Å². The van der Waals surface area contributed by atoms with E-state index in [9.17, 15) is 14.9 Å². The number of fused-ring (bicyclic) bond motifs is 1. The number of nitrogens with one attached hydrogen (secondary N) is 2. The summed E-state index contributed by atoms with van der Waals surface area (Å²) in [7, 11) is 1.86. The number of nitriles is 1. The largest absolute Gasteiger partial charge is 0.340 e. The number of amides is 1. The standard InChI is InChI=1S/C21H28N6O2/c1-14-5-4-6-16-19(14)24-17(25-21(16)29)7-8-18(28)26-9-11-27(12-10-26)20(23-3)15(2)13-22/h4-6,15,20,23H,7-12H2,1-3H3,(H,24,25,29)/t15-,20?/m0/s1. The Balaban J connectivity index is 1.58. The number of aromatic nitrogens is 2. The Kier molecular flexibility index (Phi) is 6.62. The number of para-hydroxylation sites is 1. The Morgan fingerprint density at radius 2 is 2.07 bits per heavy atom. The summed E-state index contributed by atoms with van der Waals surface area (Å²) in [6.07, 6.45) is 0.709. The van der Waals surface area contributed by atoms with Crippen molar-refractivity contribution in [2.75, 3.05) is 33.2 Å². The third-order valence-corrected chi connectivity index (χ3v) is 5.60. The molecule has 1 saturated heterocycles. The van der Waals surface area contributed by atoms with E-state index in [0.717, 1.165) is 18.7 Å². The second-order valence-electron chi connectivity index (χ2n) is 7.55. The van der Waals surface area contributed by atoms with Crippen LogP contribution in [0.15, 0.2) is 23.0 Å². The van der Waals surface area contributed by atoms with Crippen molar-refractivity contribution in [1.82, 2.24) is 25.1 Å². The number of benzene rings is 1. The lowest BCUT2D eigenvalue weighted by Crippen LogP contribution is -2.57. The van der Waals surface area contributed by atoms with Crippen LogP contribution in [0.5, 0.6) is 0 Å². The van der Waals surface area contributed by atoms with Gasteiger partial charge in [0.15, 0.2) is 0 Å². The molecule has 8 nitrogen and oxygen atoms in total. The van der Waals surface area contributed by atoms with E-state index in [2.05, 4.69) is 26.3 Å². The molecule has 0 radical (unpaired) electrons. The van der Waals surface area contributed by atoms with Gasteiger partial charge in [0.1, 0.15) is 5.82 Å². The van der Waals surface area contributed by atoms with Crippen LogP contribution >= 0.6 is 0 Å². The zero-order valence-electron chi connectivity index (χ0n) is 17.2. The van der Waals surface area contributed by atoms with Crippen LogP contribution in [0.1, 0.15) is 24.7 Å². The average Bonchev–Trinajstić information content (AvgIpc) is 2.73. The van der Waals surface area contributed by atoms with Crippen LogP contribution in [0.3, 0.4) is 0 Å². The van der Waals surface area contributed by atoms with Gasteiger partial charge in [0.25, 0.3) is 5.56 Å². The second kappa shape index (κ2) is 9.16. The molecule has 2 N–H and O–H groups in total. The Labute approximate surface area is 170 Å². The van der Waals surface area contributed by atoms with Crippen LogP contribution in [0, 0.1) is 24.2 Å². The first-order chi connectivity index (χ1) is 13.9. The van der Waals surface area contributed by atoms with Gasteiger partial charge in [-0.1, -0.05) is 12.1 Å². The molecule has 154 valence electrons. The van der Waals surface area contributed by atoms with Gasteiger partial charge in [-0.25, -0.2) is 4.98 Å². The number of aromatic amines is 1. The Bertz CT molecular complexity index is 971. The number of carbonyl (C=O) groups is 1. The van der Waals surface area contributed by atoms with Crippen molar-refractivity contribution in [2.45, 2.75) is 32.9 Å². The van der Waals surface area contributed by atoms with E-state index < -0.39 is 0 Å². The molecule has 1 amide bonds. The van der Waals surface area contributed by atoms with Gasteiger partial charge in [-0.2, -0.15) is 5.26 Å². The number of nitrogens with zero attached hydrogens (tertiary/aromatic N) is 4. The maximum absolute atomic E-state index is 12.6. The fraction of sp³-hybridized carbons (Fsp3) is 0.524. The van der Waals surface area contributed by atoms with E-state index in [0.29, 0.717) is 42.7 Å². The van der Waals surface area contributed by atoms with Crippen molar-refractivity contribution in [1.29, 1.82) is 5.26 Å². The fourth-order valence-electron chi connectivity index (χ4n) is 3.92. The number of aryl methyl sites for hydroxylation is 2. The summed E-state index contributed by atoms with van der Waals surface area (Å²) >= 11 is 0. The van der Waals surface area contributed by atoms with Crippen LogP contribution in [0.4, 0.5) is 0 Å². The molecule has 0 saturated carbocycles. The topological polar surface area (TPSA) is 105 Å². The molecule has 2 heterocycles. The second-order valence-corrected chi connectivity index (χ2v) is 7.55. The van der Waals surface area contributed by atoms with Crippen molar-refractivity contribution in [3.05, 3.63) is 39.9 Å². The zero-order valence-corrected chi connectivity index (χ0v) is 17.2. The first-order valence-corrected chi connectivity index (χ1v) is 10.0. The summed E-state index contributed by atoms with van der Waals surface area (Å²) in [5.74, 6) is 0.481. The minimum atomic E-state index is -0.167. The third-order valence-electron chi connectivity index (χ3n) is 5.60. The van der Waals surface area contributed by atoms with Crippen LogP contribution in [-0.2, 0) is 11.2 Å². The minimum absolute atomic E-state index is 0.00707. The first-order valence-electron chi connectivity index (χ1n) is 10.0. The van der Waals surface area contributed by atoms with Crippen molar-refractivity contribution in [3.8, 4) is 6.07 Å². The molecule has 1 aliphatic rings. The molecule has 1 aromatic heterocycles. The van der Waals surface area contributed by atoms with Crippen LogP contribution in [-0.4, -0.2) is 65.1 Å². The van der Waals surface area contributed by atoms with Crippen LogP contribution in [0.2, 0.25) is 0 Å². The average molecular weight is 396 g/mol. The van der Waals surface area contributed by atoms with Crippen LogP contribution < -0.4 is 10.9 Å². The van der Waals surface area contributed by atoms with Gasteiger partial charge in [-0.3, -0.25) is 14.5 Å². The lowest BCUT2D eigenvalue weighted by Gasteiger charge is -2.40. The van der Waals surface area contributed by atoms with Gasteiger partial charge < -0.3 is 15.2 Å². The van der Waals surface area contributed by atoms with Gasteiger partial charge in [0, 0.05) is 39.0 Å². The molecular weight excluding hydrogens is 368 g/mol. The van der Waals surface area contributed by atoms with E-state index >= 15 is 0 Å². The molecule has 8 heteroatoms. The Morgan fingerprint density at radius 3 is 2.72 bits per heavy atom. The number of piperazine rings is 1. The van der Waals surface area contributed by atoms with E-state index in [4.69, 9.17) is 0 Å². The molecule has 1 aromatic carbocycles. The van der Waals surface area contributed by atoms with Gasteiger partial charge in [-0.05, 0) is 32.5 Å². The van der Waals surface area contributed by atoms with Crippen LogP contribution in [0.25, 0.3) is 10.9 Å². The molecule has 0 spiro atoms. The van der Waals surface area contributed by atoms with Gasteiger partial charge in [0.05, 0.1) is 29.1 Å². The monoisotopic (exact) mass is 396 g/mol. The Hall–Kier alpha value is -2.76. The Morgan fingerprint density at radius 1 is 1.34 bits per heavy atom. The maximum atomic E-state index is 12.6. The van der Waals surface area contributed by atoms with Crippen molar-refractivity contribution in [3.63, 3.8) is 0 Å². The zero-order chi connectivity index (χ0) is 21.0. The molecule has 2 aromatic rings. The molecule has 0 bridgehead atoms. The lowest BCUT2D eigenvalue weighted by atomic mass is 10.1. The third kappa shape index (κ3) is 4.63. The molecule has 1 fully saturated rings. The molecule has 29 heavy (non-hydrogen) atoms. The number of hydrogen-bond acceptors (Lipinski definition) is 6. The predicted molar refractivity (Wildman–Crippen MR) is 111 cm³/mol. The highest BCUT2D eigenvalue weighted by molar-refractivity contribution is 5.80. The molecule has 3 rings (SSSR count). The highest BCUT2D eigenvalue weighted by Crippen LogP contribution is 2.14. The van der Waals surface area contributed by atoms with E-state index in [1.54, 1.807) is 6.07 Å². The summed E-state index contributed by atoms with van der Waals surface area (Å²) < 4.78 is 0. The summed E-state index contributed by atoms with van der Waals surface area (Å²) in [5, 5.41) is 12.9. The normalized spacial score (nSPS) is 17.1. The van der Waals surface area contributed by atoms with E-state index in [1.807, 2.05) is 37.9 Å². The SMILES string of the molecule is CNC([C@@H](C)C#N)N1CCN(C(=O)CCc2nc3c(C)cccc3c(=O)[nH]2)CC1. The van der Waals surface area contributed by atoms with Gasteiger partial charge in [0.2, 0.25) is 5.91 Å². The minimum Gasteiger partial charge on any atom is -0.340 e. The summed E-state index contributed by atoms with van der Waals surface area (Å²) in [6.45, 7) is 6.56. The molecular formula is C21H28N6O2. The van der Waals surface area contributed by atoms with E-state index in [-0.39, 0.29) is 23.6 Å². The fourth-order valence-corrected chi connectivity index (χ4v) is 3.92. The molecule has 0 aliphatic carbocycles. The summed E-state index contributed by atoms with van der Waals surface area (Å²) in [6, 6.07) is 7.81. The summed E-state index contributed by atoms with van der Waals surface area (Å²) in [4.78, 5) is 36.3. The smallest absolute Gasteiger partial charge is 0.258 e. The summed E-state index contributed by atoms with van der Waals surface area (Å²) in [5.41, 5.74) is 1.47. The lowest BCUT2D eigenvalue weighted by molar-refractivity contribution is -0.133. The van der Waals surface area contributed by atoms with Crippen molar-refractivity contribution in [2.24, 2.45) is 5.92 Å². The highest BCUT2D eigenvalue weighted by atomic mass is 16.2. The molecule has 2 atom stereocenters. The number of rotatable bonds is 6. The highest BCUT2D eigenvalue weighted by Gasteiger charge is 2.28. The first kappa shape index (κ1) is 21.0. The number of H-pyrrole nitrogens is 1. The number of carbonyl (C=O) groups excluding carboxylic acids is 1.